The van der Waals surface area contributed by atoms with Crippen LogP contribution in [0, 0.1) is 5.82 Å². The first-order chi connectivity index (χ1) is 10.1. The summed E-state index contributed by atoms with van der Waals surface area (Å²) in [5.74, 6) is 0.0598. The molecule has 0 aliphatic carbocycles. The third-order valence-corrected chi connectivity index (χ3v) is 4.34. The molecule has 0 aromatic heterocycles. The van der Waals surface area contributed by atoms with Crippen LogP contribution < -0.4 is 9.47 Å². The molecule has 21 heavy (non-hydrogen) atoms. The fourth-order valence-corrected chi connectivity index (χ4v) is 2.93. The van der Waals surface area contributed by atoms with Gasteiger partial charge in [0.25, 0.3) is 0 Å². The molecule has 0 atom stereocenters. The Balaban J connectivity index is 2.07. The number of ether oxygens (including phenoxy) is 2. The molecule has 6 heteroatoms. The van der Waals surface area contributed by atoms with E-state index in [4.69, 9.17) is 9.47 Å². The minimum atomic E-state index is -0.579. The maximum atomic E-state index is 14.1. The van der Waals surface area contributed by atoms with E-state index in [0.29, 0.717) is 34.7 Å². The lowest BCUT2D eigenvalue weighted by Crippen LogP contribution is -2.16. The molecule has 108 valence electrons. The van der Waals surface area contributed by atoms with Crippen LogP contribution in [0.5, 0.6) is 11.5 Å². The molecule has 1 heterocycles. The van der Waals surface area contributed by atoms with Gasteiger partial charge in [-0.2, -0.15) is 0 Å². The van der Waals surface area contributed by atoms with Gasteiger partial charge in [-0.15, -0.1) is 0 Å². The van der Waals surface area contributed by atoms with Crippen LogP contribution in [0.25, 0.3) is 0 Å². The average Bonchev–Trinajstić information content (AvgIpc) is 2.48. The summed E-state index contributed by atoms with van der Waals surface area (Å²) in [4.78, 5) is 12.5. The third kappa shape index (κ3) is 2.70. The Kier molecular flexibility index (Phi) is 3.99. The molecule has 3 nitrogen and oxygen atoms in total. The van der Waals surface area contributed by atoms with Crippen LogP contribution >= 0.6 is 31.9 Å². The number of carbonyl (C=O) groups is 1. The first kappa shape index (κ1) is 14.5. The number of rotatable bonds is 2. The SMILES string of the molecule is O=C(c1cc2c(cc1Br)OCCO2)c1cccc(Br)c1F. The lowest BCUT2D eigenvalue weighted by molar-refractivity contribution is 0.103. The molecule has 0 unspecified atom stereocenters. The molecule has 0 amide bonds. The maximum Gasteiger partial charge on any atom is 0.197 e. The number of benzene rings is 2. The average molecular weight is 416 g/mol. The van der Waals surface area contributed by atoms with Crippen molar-refractivity contribution in [1.29, 1.82) is 0 Å². The monoisotopic (exact) mass is 414 g/mol. The van der Waals surface area contributed by atoms with E-state index >= 15 is 0 Å². The number of hydrogen-bond donors (Lipinski definition) is 0. The Morgan fingerprint density at radius 1 is 1.00 bits per heavy atom. The summed E-state index contributed by atoms with van der Waals surface area (Å²) in [6, 6.07) is 7.85. The fraction of sp³-hybridized carbons (Fsp3) is 0.133. The van der Waals surface area contributed by atoms with Gasteiger partial charge in [-0.3, -0.25) is 4.79 Å². The molecule has 0 N–H and O–H groups in total. The quantitative estimate of drug-likeness (QED) is 0.684. The third-order valence-electron chi connectivity index (χ3n) is 3.07. The Morgan fingerprint density at radius 3 is 2.38 bits per heavy atom. The predicted octanol–water partition coefficient (Wildman–Crippen LogP) is 4.35. The Bertz CT molecular complexity index is 731. The van der Waals surface area contributed by atoms with Gasteiger partial charge in [0.2, 0.25) is 0 Å². The van der Waals surface area contributed by atoms with Crippen LogP contribution in [0.1, 0.15) is 15.9 Å². The van der Waals surface area contributed by atoms with Gasteiger partial charge in [0.05, 0.1) is 10.0 Å². The summed E-state index contributed by atoms with van der Waals surface area (Å²) in [5, 5.41) is 0. The fourth-order valence-electron chi connectivity index (χ4n) is 2.06. The summed E-state index contributed by atoms with van der Waals surface area (Å²) < 4.78 is 25.8. The van der Waals surface area contributed by atoms with Crippen LogP contribution in [-0.4, -0.2) is 19.0 Å². The van der Waals surface area contributed by atoms with E-state index in [9.17, 15) is 9.18 Å². The predicted molar refractivity (Wildman–Crippen MR) is 82.7 cm³/mol. The van der Waals surface area contributed by atoms with Gasteiger partial charge in [-0.1, -0.05) is 6.07 Å². The van der Waals surface area contributed by atoms with Crippen molar-refractivity contribution in [2.24, 2.45) is 0 Å². The minimum Gasteiger partial charge on any atom is -0.486 e. The van der Waals surface area contributed by atoms with Gasteiger partial charge in [0.15, 0.2) is 17.3 Å². The van der Waals surface area contributed by atoms with Crippen molar-refractivity contribution < 1.29 is 18.7 Å². The molecule has 1 aliphatic rings. The van der Waals surface area contributed by atoms with E-state index in [1.165, 1.54) is 6.07 Å². The molecular formula is C15H9Br2FO3. The summed E-state index contributed by atoms with van der Waals surface area (Å²) in [7, 11) is 0. The van der Waals surface area contributed by atoms with Gasteiger partial charge in [-0.05, 0) is 56.1 Å². The van der Waals surface area contributed by atoms with Gasteiger partial charge >= 0.3 is 0 Å². The number of halogens is 3. The highest BCUT2D eigenvalue weighted by molar-refractivity contribution is 9.10. The van der Waals surface area contributed by atoms with Crippen LogP contribution in [0.4, 0.5) is 4.39 Å². The highest BCUT2D eigenvalue weighted by Crippen LogP contribution is 2.36. The first-order valence-electron chi connectivity index (χ1n) is 6.16. The topological polar surface area (TPSA) is 35.5 Å². The van der Waals surface area contributed by atoms with Gasteiger partial charge in [0, 0.05) is 10.0 Å². The Morgan fingerprint density at radius 2 is 1.67 bits per heavy atom. The number of carbonyl (C=O) groups excluding carboxylic acids is 1. The second-order valence-corrected chi connectivity index (χ2v) is 6.11. The highest BCUT2D eigenvalue weighted by atomic mass is 79.9. The van der Waals surface area contributed by atoms with Crippen LogP contribution in [0.2, 0.25) is 0 Å². The number of fused-ring (bicyclic) bond motifs is 1. The molecular weight excluding hydrogens is 407 g/mol. The number of ketones is 1. The van der Waals surface area contributed by atoms with Crippen LogP contribution in [0.15, 0.2) is 39.3 Å². The smallest absolute Gasteiger partial charge is 0.197 e. The van der Waals surface area contributed by atoms with E-state index in [-0.39, 0.29) is 10.0 Å². The van der Waals surface area contributed by atoms with Gasteiger partial charge in [0.1, 0.15) is 19.0 Å². The summed E-state index contributed by atoms with van der Waals surface area (Å²) >= 11 is 6.41. The Labute approximate surface area is 137 Å². The lowest BCUT2D eigenvalue weighted by Gasteiger charge is -2.19. The van der Waals surface area contributed by atoms with Crippen molar-refractivity contribution in [2.45, 2.75) is 0 Å². The molecule has 1 aliphatic heterocycles. The largest absolute Gasteiger partial charge is 0.486 e. The van der Waals surface area contributed by atoms with Gasteiger partial charge < -0.3 is 9.47 Å². The molecule has 0 radical (unpaired) electrons. The molecule has 0 bridgehead atoms. The molecule has 2 aromatic carbocycles. The zero-order valence-electron chi connectivity index (χ0n) is 10.7. The normalized spacial score (nSPS) is 13.1. The highest BCUT2D eigenvalue weighted by Gasteiger charge is 2.22. The molecule has 0 fully saturated rings. The van der Waals surface area contributed by atoms with Crippen molar-refractivity contribution in [2.75, 3.05) is 13.2 Å². The number of hydrogen-bond acceptors (Lipinski definition) is 3. The Hall–Kier alpha value is -1.40. The molecule has 2 aromatic rings. The minimum absolute atomic E-state index is 0.00162. The van der Waals surface area contributed by atoms with Crippen LogP contribution in [0.3, 0.4) is 0 Å². The van der Waals surface area contributed by atoms with Crippen molar-refractivity contribution in [1.82, 2.24) is 0 Å². The molecule has 0 spiro atoms. The van der Waals surface area contributed by atoms with E-state index in [0.717, 1.165) is 0 Å². The van der Waals surface area contributed by atoms with Gasteiger partial charge in [-0.25, -0.2) is 4.39 Å². The summed E-state index contributed by atoms with van der Waals surface area (Å²) in [5.41, 5.74) is 0.331. The van der Waals surface area contributed by atoms with Crippen molar-refractivity contribution in [3.8, 4) is 11.5 Å². The molecule has 3 rings (SSSR count). The van der Waals surface area contributed by atoms with E-state index in [1.807, 2.05) is 0 Å². The molecule has 0 saturated carbocycles. The summed E-state index contributed by atoms with van der Waals surface area (Å²) in [6.45, 7) is 0.889. The van der Waals surface area contributed by atoms with E-state index in [1.54, 1.807) is 24.3 Å². The summed E-state index contributed by atoms with van der Waals surface area (Å²) in [6.07, 6.45) is 0. The second kappa shape index (κ2) is 5.77. The van der Waals surface area contributed by atoms with Crippen molar-refractivity contribution in [3.63, 3.8) is 0 Å². The lowest BCUT2D eigenvalue weighted by atomic mass is 10.0. The zero-order chi connectivity index (χ0) is 15.0. The van der Waals surface area contributed by atoms with E-state index < -0.39 is 11.6 Å². The zero-order valence-corrected chi connectivity index (χ0v) is 13.8. The van der Waals surface area contributed by atoms with Crippen LogP contribution in [-0.2, 0) is 0 Å². The second-order valence-electron chi connectivity index (χ2n) is 4.41. The first-order valence-corrected chi connectivity index (χ1v) is 7.74. The standard InChI is InChI=1S/C15H9Br2FO3/c16-10-3-1-2-8(14(10)18)15(19)9-6-12-13(7-11(9)17)21-5-4-20-12/h1-3,6-7H,4-5H2. The van der Waals surface area contributed by atoms with Crippen molar-refractivity contribution >= 4 is 37.6 Å². The van der Waals surface area contributed by atoms with E-state index in [2.05, 4.69) is 31.9 Å². The van der Waals surface area contributed by atoms with Crippen molar-refractivity contribution in [3.05, 3.63) is 56.2 Å². The maximum absolute atomic E-state index is 14.1. The molecule has 0 saturated heterocycles.